The van der Waals surface area contributed by atoms with Crippen LogP contribution in [0.5, 0.6) is 5.75 Å². The molecule has 0 atom stereocenters. The Morgan fingerprint density at radius 1 is 1.30 bits per heavy atom. The number of aryl methyl sites for hydroxylation is 1. The van der Waals surface area contributed by atoms with E-state index >= 15 is 0 Å². The van der Waals surface area contributed by atoms with Gasteiger partial charge in [-0.15, -0.1) is 0 Å². The predicted octanol–water partition coefficient (Wildman–Crippen LogP) is 1.62. The van der Waals surface area contributed by atoms with Crippen molar-refractivity contribution in [3.05, 3.63) is 63.6 Å². The van der Waals surface area contributed by atoms with E-state index < -0.39 is 0 Å². The molecule has 20 heavy (non-hydrogen) atoms. The second-order valence-electron chi connectivity index (χ2n) is 4.42. The maximum Gasteiger partial charge on any atom is 0.257 e. The summed E-state index contributed by atoms with van der Waals surface area (Å²) in [5.41, 5.74) is 1.49. The van der Waals surface area contributed by atoms with Gasteiger partial charge >= 0.3 is 0 Å². The van der Waals surface area contributed by atoms with Crippen molar-refractivity contribution in [3.8, 4) is 5.75 Å². The lowest BCUT2D eigenvalue weighted by Crippen LogP contribution is -2.28. The van der Waals surface area contributed by atoms with E-state index in [1.54, 1.807) is 14.0 Å². The predicted molar refractivity (Wildman–Crippen MR) is 76.0 cm³/mol. The van der Waals surface area contributed by atoms with Crippen molar-refractivity contribution in [2.75, 3.05) is 7.11 Å². The Morgan fingerprint density at radius 3 is 2.60 bits per heavy atom. The molecule has 2 N–H and O–H groups in total. The maximum absolute atomic E-state index is 11.9. The first-order valence-electron chi connectivity index (χ1n) is 6.20. The van der Waals surface area contributed by atoms with Gasteiger partial charge in [-0.3, -0.25) is 9.59 Å². The number of pyridine rings is 1. The molecule has 2 rings (SSSR count). The molecule has 0 fully saturated rings. The molecule has 0 aliphatic rings. The number of aromatic amines is 1. The summed E-state index contributed by atoms with van der Waals surface area (Å²) in [5.74, 6) is 0.372. The molecule has 5 nitrogen and oxygen atoms in total. The molecule has 0 aliphatic carbocycles. The average Bonchev–Trinajstić information content (AvgIpc) is 2.45. The van der Waals surface area contributed by atoms with Gasteiger partial charge in [0.25, 0.3) is 5.91 Å². The number of rotatable bonds is 4. The number of methoxy groups -OCH3 is 1. The van der Waals surface area contributed by atoms with E-state index in [1.165, 1.54) is 12.3 Å². The normalized spacial score (nSPS) is 10.1. The fourth-order valence-electron chi connectivity index (χ4n) is 1.77. The molecule has 0 spiro atoms. The Kier molecular flexibility index (Phi) is 4.20. The van der Waals surface area contributed by atoms with Gasteiger partial charge in [0.2, 0.25) is 0 Å². The summed E-state index contributed by atoms with van der Waals surface area (Å²) in [7, 11) is 1.60. The van der Waals surface area contributed by atoms with Crippen LogP contribution in [0.15, 0.2) is 41.3 Å². The summed E-state index contributed by atoms with van der Waals surface area (Å²) in [4.78, 5) is 26.5. The van der Waals surface area contributed by atoms with Crippen LogP contribution < -0.4 is 15.5 Å². The summed E-state index contributed by atoms with van der Waals surface area (Å²) in [6, 6.07) is 8.76. The lowest BCUT2D eigenvalue weighted by atomic mass is 10.2. The Labute approximate surface area is 116 Å². The van der Waals surface area contributed by atoms with Crippen molar-refractivity contribution in [2.24, 2.45) is 0 Å². The van der Waals surface area contributed by atoms with E-state index in [0.717, 1.165) is 17.0 Å². The molecule has 5 heteroatoms. The number of nitrogens with one attached hydrogen (secondary N) is 2. The molecule has 2 aromatic rings. The first kappa shape index (κ1) is 13.9. The second kappa shape index (κ2) is 6.06. The van der Waals surface area contributed by atoms with Crippen LogP contribution in [0, 0.1) is 6.92 Å². The summed E-state index contributed by atoms with van der Waals surface area (Å²) < 4.78 is 5.06. The molecule has 0 aliphatic heterocycles. The van der Waals surface area contributed by atoms with Gasteiger partial charge in [0.05, 0.1) is 7.11 Å². The van der Waals surface area contributed by atoms with Crippen LogP contribution >= 0.6 is 0 Å². The molecule has 1 heterocycles. The molecule has 0 unspecified atom stereocenters. The topological polar surface area (TPSA) is 71.2 Å². The number of carbonyl (C=O) groups is 1. The van der Waals surface area contributed by atoms with Crippen molar-refractivity contribution in [1.29, 1.82) is 0 Å². The number of carbonyl (C=O) groups excluding carboxylic acids is 1. The number of amides is 1. The largest absolute Gasteiger partial charge is 0.497 e. The summed E-state index contributed by atoms with van der Waals surface area (Å²) in [6.45, 7) is 2.12. The maximum atomic E-state index is 11.9. The van der Waals surface area contributed by atoms with E-state index in [-0.39, 0.29) is 16.9 Å². The smallest absolute Gasteiger partial charge is 0.257 e. The highest BCUT2D eigenvalue weighted by Crippen LogP contribution is 2.10. The van der Waals surface area contributed by atoms with Crippen molar-refractivity contribution in [2.45, 2.75) is 13.5 Å². The number of hydrogen-bond donors (Lipinski definition) is 2. The number of H-pyrrole nitrogens is 1. The summed E-state index contributed by atoms with van der Waals surface area (Å²) >= 11 is 0. The first-order valence-corrected chi connectivity index (χ1v) is 6.20. The zero-order chi connectivity index (χ0) is 14.5. The van der Waals surface area contributed by atoms with Crippen molar-refractivity contribution in [1.82, 2.24) is 10.3 Å². The van der Waals surface area contributed by atoms with Crippen molar-refractivity contribution in [3.63, 3.8) is 0 Å². The Balaban J connectivity index is 2.02. The molecule has 0 bridgehead atoms. The molecule has 0 saturated heterocycles. The number of ether oxygens (including phenoxy) is 1. The minimum absolute atomic E-state index is 0.115. The lowest BCUT2D eigenvalue weighted by molar-refractivity contribution is 0.0949. The van der Waals surface area contributed by atoms with Gasteiger partial charge in [0, 0.05) is 24.5 Å². The van der Waals surface area contributed by atoms with Crippen molar-refractivity contribution >= 4 is 5.91 Å². The average molecular weight is 272 g/mol. The Morgan fingerprint density at radius 2 is 2.00 bits per heavy atom. The molecular formula is C15H16N2O3. The molecule has 1 aromatic heterocycles. The van der Waals surface area contributed by atoms with Gasteiger partial charge in [-0.25, -0.2) is 0 Å². The molecule has 104 valence electrons. The van der Waals surface area contributed by atoms with Crippen LogP contribution in [0.2, 0.25) is 0 Å². The Bertz CT molecular complexity index is 660. The molecular weight excluding hydrogens is 256 g/mol. The zero-order valence-electron chi connectivity index (χ0n) is 11.4. The van der Waals surface area contributed by atoms with Crippen LogP contribution in [0.3, 0.4) is 0 Å². The molecule has 0 radical (unpaired) electrons. The van der Waals surface area contributed by atoms with Gasteiger partial charge in [-0.05, 0) is 24.6 Å². The van der Waals surface area contributed by atoms with Gasteiger partial charge in [-0.1, -0.05) is 12.1 Å². The van der Waals surface area contributed by atoms with Crippen LogP contribution in [0.1, 0.15) is 21.6 Å². The van der Waals surface area contributed by atoms with Crippen LogP contribution in [0.25, 0.3) is 0 Å². The fourth-order valence-corrected chi connectivity index (χ4v) is 1.77. The summed E-state index contributed by atoms with van der Waals surface area (Å²) in [6.07, 6.45) is 1.43. The number of hydrogen-bond acceptors (Lipinski definition) is 3. The van der Waals surface area contributed by atoms with E-state index in [1.807, 2.05) is 24.3 Å². The number of benzene rings is 1. The van der Waals surface area contributed by atoms with Gasteiger partial charge in [-0.2, -0.15) is 0 Å². The van der Waals surface area contributed by atoms with E-state index in [2.05, 4.69) is 10.3 Å². The van der Waals surface area contributed by atoms with Gasteiger partial charge in [0.1, 0.15) is 11.3 Å². The monoisotopic (exact) mass is 272 g/mol. The number of aromatic nitrogens is 1. The third-order valence-corrected chi connectivity index (χ3v) is 2.91. The first-order chi connectivity index (χ1) is 9.60. The Hall–Kier alpha value is -2.56. The third kappa shape index (κ3) is 3.26. The quantitative estimate of drug-likeness (QED) is 0.888. The highest BCUT2D eigenvalue weighted by molar-refractivity contribution is 5.93. The fraction of sp³-hybridized carbons (Fsp3) is 0.200. The van der Waals surface area contributed by atoms with Crippen molar-refractivity contribution < 1.29 is 9.53 Å². The van der Waals surface area contributed by atoms with Gasteiger partial charge < -0.3 is 15.0 Å². The summed E-state index contributed by atoms with van der Waals surface area (Å²) in [5, 5.41) is 2.71. The second-order valence-corrected chi connectivity index (χ2v) is 4.42. The lowest BCUT2D eigenvalue weighted by Gasteiger charge is -2.06. The minimum Gasteiger partial charge on any atom is -0.497 e. The highest BCUT2D eigenvalue weighted by Gasteiger charge is 2.09. The zero-order valence-corrected chi connectivity index (χ0v) is 11.4. The SMILES string of the molecule is COc1ccc(CNC(=O)c2c[nH]c(C)cc2=O)cc1. The van der Waals surface area contributed by atoms with Crippen LogP contribution in [-0.4, -0.2) is 18.0 Å². The van der Waals surface area contributed by atoms with Gasteiger partial charge in [0.15, 0.2) is 5.43 Å². The molecule has 1 amide bonds. The van der Waals surface area contributed by atoms with E-state index in [4.69, 9.17) is 4.74 Å². The third-order valence-electron chi connectivity index (χ3n) is 2.91. The van der Waals surface area contributed by atoms with Crippen LogP contribution in [-0.2, 0) is 6.54 Å². The minimum atomic E-state index is -0.387. The van der Waals surface area contributed by atoms with E-state index in [9.17, 15) is 9.59 Å². The van der Waals surface area contributed by atoms with Crippen LogP contribution in [0.4, 0.5) is 0 Å². The standard InChI is InChI=1S/C15H16N2O3/c1-10-7-14(18)13(9-16-10)15(19)17-8-11-3-5-12(20-2)6-4-11/h3-7,9H,8H2,1-2H3,(H,16,18)(H,17,19). The van der Waals surface area contributed by atoms with E-state index in [0.29, 0.717) is 6.54 Å². The molecule has 0 saturated carbocycles. The molecule has 1 aromatic carbocycles. The highest BCUT2D eigenvalue weighted by atomic mass is 16.5.